The summed E-state index contributed by atoms with van der Waals surface area (Å²) in [6.07, 6.45) is -0.600. The number of nitrogens with zero attached hydrogens (tertiary/aromatic N) is 3. The number of aliphatic hydroxyl groups is 2. The van der Waals surface area contributed by atoms with E-state index in [1.165, 1.54) is 11.8 Å². The fraction of sp³-hybridized carbons (Fsp3) is 0.526. The zero-order chi connectivity index (χ0) is 24.1. The summed E-state index contributed by atoms with van der Waals surface area (Å²) in [6, 6.07) is 4.98. The van der Waals surface area contributed by atoms with Crippen molar-refractivity contribution in [1.29, 1.82) is 0 Å². The number of hydrogen-bond donors (Lipinski definition) is 3. The predicted molar refractivity (Wildman–Crippen MR) is 126 cm³/mol. The highest BCUT2D eigenvalue weighted by Gasteiger charge is 2.24. The zero-order valence-electron chi connectivity index (χ0n) is 18.0. The van der Waals surface area contributed by atoms with Crippen molar-refractivity contribution in [2.24, 2.45) is 5.92 Å². The highest BCUT2D eigenvalue weighted by molar-refractivity contribution is 7.99. The van der Waals surface area contributed by atoms with E-state index in [1.54, 1.807) is 12.1 Å². The first kappa shape index (κ1) is 26.9. The molecule has 1 unspecified atom stereocenters. The highest BCUT2D eigenvalue weighted by atomic mass is 35.5. The maximum absolute atomic E-state index is 11.7. The van der Waals surface area contributed by atoms with Crippen molar-refractivity contribution in [1.82, 2.24) is 15.0 Å². The summed E-state index contributed by atoms with van der Waals surface area (Å²) in [5, 5.41) is 20.8. The van der Waals surface area contributed by atoms with E-state index in [2.05, 4.69) is 19.7 Å². The van der Waals surface area contributed by atoms with Crippen LogP contribution in [0, 0.1) is 5.92 Å². The second-order valence-corrected chi connectivity index (χ2v) is 11.4. The van der Waals surface area contributed by atoms with Crippen LogP contribution < -0.4 is 9.46 Å². The summed E-state index contributed by atoms with van der Waals surface area (Å²) < 4.78 is 31.1. The number of sulfonamides is 1. The Labute approximate surface area is 202 Å². The molecule has 1 heterocycles. The molecule has 0 saturated carbocycles. The van der Waals surface area contributed by atoms with Gasteiger partial charge in [0.25, 0.3) is 0 Å². The van der Waals surface area contributed by atoms with Crippen LogP contribution in [0.5, 0.6) is 6.01 Å². The lowest BCUT2D eigenvalue weighted by Gasteiger charge is -2.23. The Bertz CT molecular complexity index is 1030. The van der Waals surface area contributed by atoms with Gasteiger partial charge in [-0.05, 0) is 37.0 Å². The molecule has 1 aromatic heterocycles. The quantitative estimate of drug-likeness (QED) is 0.377. The molecule has 0 aliphatic carbocycles. The molecular formula is C19H26Cl2N4O5S2. The number of nitrogens with one attached hydrogen (secondary N) is 1. The van der Waals surface area contributed by atoms with Gasteiger partial charge in [-0.2, -0.15) is 15.0 Å². The van der Waals surface area contributed by atoms with Gasteiger partial charge in [-0.3, -0.25) is 4.72 Å². The summed E-state index contributed by atoms with van der Waals surface area (Å²) in [5.41, 5.74) is 0.852. The average molecular weight is 525 g/mol. The van der Waals surface area contributed by atoms with Crippen LogP contribution in [0.2, 0.25) is 10.0 Å². The molecule has 2 aromatic rings. The summed E-state index contributed by atoms with van der Waals surface area (Å²) in [5.74, 6) is -0.0713. The van der Waals surface area contributed by atoms with Gasteiger partial charge in [-0.1, -0.05) is 54.9 Å². The molecule has 32 heavy (non-hydrogen) atoms. The Balaban J connectivity index is 2.32. The molecule has 0 radical (unpaired) electrons. The van der Waals surface area contributed by atoms with Crippen LogP contribution in [0.25, 0.3) is 0 Å². The molecular weight excluding hydrogens is 499 g/mol. The first-order valence-electron chi connectivity index (χ1n) is 9.69. The van der Waals surface area contributed by atoms with Crippen LogP contribution in [0.4, 0.5) is 5.95 Å². The van der Waals surface area contributed by atoms with Gasteiger partial charge in [0.05, 0.1) is 29.0 Å². The fourth-order valence-electron chi connectivity index (χ4n) is 2.65. The van der Waals surface area contributed by atoms with Crippen molar-refractivity contribution < 1.29 is 23.4 Å². The molecule has 0 saturated heterocycles. The van der Waals surface area contributed by atoms with Crippen LogP contribution in [-0.4, -0.2) is 58.7 Å². The van der Waals surface area contributed by atoms with E-state index in [1.807, 2.05) is 26.8 Å². The lowest BCUT2D eigenvalue weighted by Crippen LogP contribution is -2.36. The van der Waals surface area contributed by atoms with Crippen molar-refractivity contribution in [3.63, 3.8) is 0 Å². The van der Waals surface area contributed by atoms with Crippen LogP contribution in [0.3, 0.4) is 0 Å². The van der Waals surface area contributed by atoms with Crippen LogP contribution in [0.15, 0.2) is 23.4 Å². The summed E-state index contributed by atoms with van der Waals surface area (Å²) in [7, 11) is -3.67. The monoisotopic (exact) mass is 524 g/mol. The van der Waals surface area contributed by atoms with Crippen molar-refractivity contribution in [3.8, 4) is 6.01 Å². The number of halogens is 2. The van der Waals surface area contributed by atoms with Crippen LogP contribution >= 0.6 is 35.0 Å². The van der Waals surface area contributed by atoms with Gasteiger partial charge >= 0.3 is 6.01 Å². The summed E-state index contributed by atoms with van der Waals surface area (Å²) in [6.45, 7) is 5.26. The molecule has 2 rings (SSSR count). The molecule has 3 N–H and O–H groups in total. The molecule has 0 aliphatic heterocycles. The second-order valence-electron chi connectivity index (χ2n) is 7.57. The van der Waals surface area contributed by atoms with Gasteiger partial charge in [-0.25, -0.2) is 8.42 Å². The van der Waals surface area contributed by atoms with Crippen molar-refractivity contribution in [2.45, 2.75) is 49.8 Å². The van der Waals surface area contributed by atoms with Gasteiger partial charge in [0, 0.05) is 5.25 Å². The highest BCUT2D eigenvalue weighted by Crippen LogP contribution is 2.36. The number of hydrogen-bond acceptors (Lipinski definition) is 9. The fourth-order valence-corrected chi connectivity index (χ4v) is 4.25. The SMILES string of the molecule is CC(C)C[C@@H](O)[C@H](CO)Oc1nc(NS(C)(=O)=O)nc(SC(C)c2ccc(Cl)c(Cl)c2)n1. The number of rotatable bonds is 11. The minimum absolute atomic E-state index is 0.168. The lowest BCUT2D eigenvalue weighted by atomic mass is 10.0. The van der Waals surface area contributed by atoms with E-state index in [0.717, 1.165) is 11.8 Å². The Kier molecular flexibility index (Phi) is 9.80. The van der Waals surface area contributed by atoms with Gasteiger partial charge in [-0.15, -0.1) is 0 Å². The molecule has 13 heteroatoms. The third-order valence-electron chi connectivity index (χ3n) is 4.15. The van der Waals surface area contributed by atoms with E-state index in [9.17, 15) is 18.6 Å². The van der Waals surface area contributed by atoms with Crippen molar-refractivity contribution in [3.05, 3.63) is 33.8 Å². The van der Waals surface area contributed by atoms with Gasteiger partial charge < -0.3 is 14.9 Å². The summed E-state index contributed by atoms with van der Waals surface area (Å²) in [4.78, 5) is 12.3. The van der Waals surface area contributed by atoms with Crippen molar-refractivity contribution >= 4 is 50.9 Å². The van der Waals surface area contributed by atoms with E-state index in [4.69, 9.17) is 27.9 Å². The normalized spacial score (nSPS) is 14.8. The molecule has 0 bridgehead atoms. The molecule has 0 spiro atoms. The second kappa shape index (κ2) is 11.7. The number of benzene rings is 1. The first-order valence-corrected chi connectivity index (χ1v) is 13.2. The standard InChI is InChI=1S/C19H26Cl2N4O5S2/c1-10(2)7-15(27)16(9-26)30-18-22-17(25-32(4,28)29)23-19(24-18)31-11(3)12-5-6-13(20)14(21)8-12/h5-6,8,10-11,15-16,26-27H,7,9H2,1-4H3,(H,22,23,24,25)/t11?,15-,16+/m1/s1. The lowest BCUT2D eigenvalue weighted by molar-refractivity contribution is -0.0127. The summed E-state index contributed by atoms with van der Waals surface area (Å²) >= 11 is 13.3. The maximum atomic E-state index is 11.7. The Morgan fingerprint density at radius 2 is 1.84 bits per heavy atom. The zero-order valence-corrected chi connectivity index (χ0v) is 21.1. The Morgan fingerprint density at radius 1 is 1.16 bits per heavy atom. The smallest absolute Gasteiger partial charge is 0.322 e. The molecule has 0 amide bonds. The van der Waals surface area contributed by atoms with Gasteiger partial charge in [0.15, 0.2) is 11.3 Å². The molecule has 9 nitrogen and oxygen atoms in total. The van der Waals surface area contributed by atoms with Crippen molar-refractivity contribution in [2.75, 3.05) is 17.6 Å². The maximum Gasteiger partial charge on any atom is 0.322 e. The van der Waals surface area contributed by atoms with Gasteiger partial charge in [0.2, 0.25) is 16.0 Å². The van der Waals surface area contributed by atoms with Crippen LogP contribution in [0.1, 0.15) is 38.0 Å². The number of aliphatic hydroxyl groups excluding tert-OH is 2. The minimum atomic E-state index is -3.67. The molecule has 0 aliphatic rings. The molecule has 0 fully saturated rings. The van der Waals surface area contributed by atoms with Gasteiger partial charge in [0.1, 0.15) is 0 Å². The van der Waals surface area contributed by atoms with E-state index >= 15 is 0 Å². The minimum Gasteiger partial charge on any atom is -0.455 e. The van der Waals surface area contributed by atoms with E-state index in [0.29, 0.717) is 16.5 Å². The number of anilines is 1. The molecule has 178 valence electrons. The topological polar surface area (TPSA) is 135 Å². The average Bonchev–Trinajstić information content (AvgIpc) is 2.66. The third-order valence-corrected chi connectivity index (χ3v) is 6.46. The number of thioether (sulfide) groups is 1. The molecule has 3 atom stereocenters. The Hall–Kier alpha value is -1.37. The number of aromatic nitrogens is 3. The van der Waals surface area contributed by atoms with Crippen LogP contribution in [-0.2, 0) is 10.0 Å². The predicted octanol–water partition coefficient (Wildman–Crippen LogP) is 3.55. The molecule has 1 aromatic carbocycles. The van der Waals surface area contributed by atoms with E-state index < -0.39 is 28.8 Å². The van der Waals surface area contributed by atoms with E-state index in [-0.39, 0.29) is 28.3 Å². The number of ether oxygens (including phenoxy) is 1. The third kappa shape index (κ3) is 8.53. The Morgan fingerprint density at radius 3 is 2.41 bits per heavy atom. The first-order chi connectivity index (χ1) is 14.9. The largest absolute Gasteiger partial charge is 0.455 e.